The number of benzene rings is 1. The third kappa shape index (κ3) is 4.21. The molecule has 0 aliphatic rings. The Balaban J connectivity index is 2.89. The monoisotopic (exact) mass is 255 g/mol. The Labute approximate surface area is 109 Å². The maximum Gasteiger partial charge on any atom is 0.122 e. The lowest BCUT2D eigenvalue weighted by Crippen LogP contribution is -2.16. The topological polar surface area (TPSA) is 35.2 Å². The average Bonchev–Trinajstić information content (AvgIpc) is 2.30. The van der Waals surface area contributed by atoms with Crippen molar-refractivity contribution in [3.63, 3.8) is 0 Å². The Morgan fingerprint density at radius 1 is 1.35 bits per heavy atom. The molecule has 0 amide bonds. The van der Waals surface area contributed by atoms with Gasteiger partial charge >= 0.3 is 0 Å². The molecule has 96 valence electrons. The first-order chi connectivity index (χ1) is 8.08. The third-order valence-corrected chi connectivity index (χ3v) is 3.33. The van der Waals surface area contributed by atoms with Crippen LogP contribution in [0.5, 0.6) is 5.75 Å². The minimum Gasteiger partial charge on any atom is -0.496 e. The molecule has 1 rings (SSSR count). The van der Waals surface area contributed by atoms with Crippen LogP contribution in [0.2, 0.25) is 5.02 Å². The minimum absolute atomic E-state index is 0.245. The van der Waals surface area contributed by atoms with E-state index in [1.807, 2.05) is 25.1 Å². The van der Waals surface area contributed by atoms with Crippen LogP contribution >= 0.6 is 11.6 Å². The Bertz CT molecular complexity index is 352. The summed E-state index contributed by atoms with van der Waals surface area (Å²) in [5.74, 6) is 1.39. The van der Waals surface area contributed by atoms with Gasteiger partial charge in [0.25, 0.3) is 0 Å². The summed E-state index contributed by atoms with van der Waals surface area (Å²) in [6.07, 6.45) is 3.17. The van der Waals surface area contributed by atoms with E-state index in [1.54, 1.807) is 7.11 Å². The Morgan fingerprint density at radius 2 is 2.06 bits per heavy atom. The molecule has 1 aromatic rings. The van der Waals surface area contributed by atoms with Crippen molar-refractivity contribution in [1.29, 1.82) is 0 Å². The molecule has 0 fully saturated rings. The van der Waals surface area contributed by atoms with Crippen LogP contribution in [0.4, 0.5) is 0 Å². The second-order valence-electron chi connectivity index (χ2n) is 4.55. The number of ether oxygens (including phenoxy) is 1. The number of hydrogen-bond acceptors (Lipinski definition) is 2. The van der Waals surface area contributed by atoms with Crippen LogP contribution < -0.4 is 10.5 Å². The van der Waals surface area contributed by atoms with E-state index < -0.39 is 0 Å². The fourth-order valence-electron chi connectivity index (χ4n) is 2.07. The Hall–Kier alpha value is -0.730. The molecule has 0 aromatic heterocycles. The molecule has 2 N–H and O–H groups in total. The van der Waals surface area contributed by atoms with Gasteiger partial charge in [0.2, 0.25) is 0 Å². The first-order valence-electron chi connectivity index (χ1n) is 6.17. The van der Waals surface area contributed by atoms with E-state index in [0.29, 0.717) is 5.92 Å². The lowest BCUT2D eigenvalue weighted by molar-refractivity contribution is 0.400. The van der Waals surface area contributed by atoms with Crippen LogP contribution in [0, 0.1) is 0 Å². The molecule has 2 unspecified atom stereocenters. The van der Waals surface area contributed by atoms with Crippen molar-refractivity contribution < 1.29 is 4.74 Å². The maximum absolute atomic E-state index is 6.06. The Kier molecular flexibility index (Phi) is 5.79. The van der Waals surface area contributed by atoms with E-state index in [2.05, 4.69) is 6.92 Å². The summed E-state index contributed by atoms with van der Waals surface area (Å²) in [6.45, 7) is 4.23. The molecule has 0 heterocycles. The van der Waals surface area contributed by atoms with Gasteiger partial charge in [-0.05, 0) is 55.9 Å². The van der Waals surface area contributed by atoms with E-state index in [1.165, 1.54) is 5.56 Å². The second-order valence-corrected chi connectivity index (χ2v) is 4.98. The van der Waals surface area contributed by atoms with Gasteiger partial charge in [-0.2, -0.15) is 0 Å². The summed E-state index contributed by atoms with van der Waals surface area (Å²) in [7, 11) is 1.70. The molecule has 0 spiro atoms. The fourth-order valence-corrected chi connectivity index (χ4v) is 2.25. The van der Waals surface area contributed by atoms with Crippen molar-refractivity contribution in [3.05, 3.63) is 28.8 Å². The Morgan fingerprint density at radius 3 is 2.59 bits per heavy atom. The highest BCUT2D eigenvalue weighted by atomic mass is 35.5. The van der Waals surface area contributed by atoms with Crippen molar-refractivity contribution >= 4 is 11.6 Å². The molecular formula is C14H22ClNO. The van der Waals surface area contributed by atoms with E-state index in [-0.39, 0.29) is 6.04 Å². The largest absolute Gasteiger partial charge is 0.496 e. The standard InChI is InChI=1S/C14H22ClNO/c1-4-11(6-5-10(2)16)13-9-12(15)7-8-14(13)17-3/h7-11H,4-6,16H2,1-3H3. The van der Waals surface area contributed by atoms with E-state index in [9.17, 15) is 0 Å². The summed E-state index contributed by atoms with van der Waals surface area (Å²) in [4.78, 5) is 0. The molecule has 0 aliphatic carbocycles. The van der Waals surface area contributed by atoms with Gasteiger partial charge in [0.15, 0.2) is 0 Å². The van der Waals surface area contributed by atoms with Gasteiger partial charge in [-0.1, -0.05) is 18.5 Å². The highest BCUT2D eigenvalue weighted by Crippen LogP contribution is 2.34. The van der Waals surface area contributed by atoms with E-state index in [0.717, 1.165) is 30.0 Å². The normalized spacial score (nSPS) is 14.4. The molecule has 2 atom stereocenters. The summed E-state index contributed by atoms with van der Waals surface area (Å²) < 4.78 is 5.40. The molecule has 1 aromatic carbocycles. The molecular weight excluding hydrogens is 234 g/mol. The number of hydrogen-bond donors (Lipinski definition) is 1. The molecule has 0 bridgehead atoms. The van der Waals surface area contributed by atoms with Crippen LogP contribution in [0.25, 0.3) is 0 Å². The zero-order chi connectivity index (χ0) is 12.8. The zero-order valence-electron chi connectivity index (χ0n) is 10.9. The van der Waals surface area contributed by atoms with Crippen molar-refractivity contribution in [3.8, 4) is 5.75 Å². The van der Waals surface area contributed by atoms with Gasteiger partial charge in [-0.25, -0.2) is 0 Å². The van der Waals surface area contributed by atoms with Gasteiger partial charge in [0.1, 0.15) is 5.75 Å². The highest BCUT2D eigenvalue weighted by Gasteiger charge is 2.15. The lowest BCUT2D eigenvalue weighted by atomic mass is 9.90. The molecule has 0 radical (unpaired) electrons. The molecule has 0 aliphatic heterocycles. The summed E-state index contributed by atoms with van der Waals surface area (Å²) in [5, 5.41) is 0.764. The number of halogens is 1. The minimum atomic E-state index is 0.245. The molecule has 0 saturated heterocycles. The van der Waals surface area contributed by atoms with Crippen molar-refractivity contribution in [2.45, 2.75) is 45.1 Å². The highest BCUT2D eigenvalue weighted by molar-refractivity contribution is 6.30. The zero-order valence-corrected chi connectivity index (χ0v) is 11.6. The van der Waals surface area contributed by atoms with E-state index >= 15 is 0 Å². The first kappa shape index (κ1) is 14.3. The number of nitrogens with two attached hydrogens (primary N) is 1. The van der Waals surface area contributed by atoms with Gasteiger partial charge in [-0.3, -0.25) is 0 Å². The second kappa shape index (κ2) is 6.87. The number of rotatable bonds is 6. The molecule has 0 saturated carbocycles. The van der Waals surface area contributed by atoms with Crippen molar-refractivity contribution in [2.24, 2.45) is 5.73 Å². The maximum atomic E-state index is 6.06. The van der Waals surface area contributed by atoms with Crippen LogP contribution in [0.15, 0.2) is 18.2 Å². The summed E-state index contributed by atoms with van der Waals surface area (Å²) in [5.41, 5.74) is 7.01. The van der Waals surface area contributed by atoms with Gasteiger partial charge < -0.3 is 10.5 Å². The summed E-state index contributed by atoms with van der Waals surface area (Å²) in [6, 6.07) is 6.05. The predicted octanol–water partition coefficient (Wildman–Crippen LogP) is 3.97. The quantitative estimate of drug-likeness (QED) is 0.835. The molecule has 2 nitrogen and oxygen atoms in total. The SMILES string of the molecule is CCC(CCC(C)N)c1cc(Cl)ccc1OC. The van der Waals surface area contributed by atoms with Crippen LogP contribution in [-0.4, -0.2) is 13.2 Å². The lowest BCUT2D eigenvalue weighted by Gasteiger charge is -2.19. The number of methoxy groups -OCH3 is 1. The average molecular weight is 256 g/mol. The van der Waals surface area contributed by atoms with Crippen molar-refractivity contribution in [2.75, 3.05) is 7.11 Å². The van der Waals surface area contributed by atoms with Crippen molar-refractivity contribution in [1.82, 2.24) is 0 Å². The van der Waals surface area contributed by atoms with Gasteiger partial charge in [-0.15, -0.1) is 0 Å². The van der Waals surface area contributed by atoms with Crippen LogP contribution in [0.1, 0.15) is 44.6 Å². The smallest absolute Gasteiger partial charge is 0.122 e. The molecule has 3 heteroatoms. The van der Waals surface area contributed by atoms with Crippen LogP contribution in [0.3, 0.4) is 0 Å². The third-order valence-electron chi connectivity index (χ3n) is 3.09. The van der Waals surface area contributed by atoms with Gasteiger partial charge in [0.05, 0.1) is 7.11 Å². The fraction of sp³-hybridized carbons (Fsp3) is 0.571. The summed E-state index contributed by atoms with van der Waals surface area (Å²) >= 11 is 6.06. The first-order valence-corrected chi connectivity index (χ1v) is 6.55. The van der Waals surface area contributed by atoms with Gasteiger partial charge in [0, 0.05) is 11.1 Å². The van der Waals surface area contributed by atoms with E-state index in [4.69, 9.17) is 22.1 Å². The predicted molar refractivity (Wildman–Crippen MR) is 73.9 cm³/mol. The van der Waals surface area contributed by atoms with Crippen LogP contribution in [-0.2, 0) is 0 Å². The molecule has 17 heavy (non-hydrogen) atoms.